The minimum absolute atomic E-state index is 0.00822. The number of nitrogens with zero attached hydrogens (tertiary/aromatic N) is 3. The Hall–Kier alpha value is -2.36. The number of phenolic OH excluding ortho intramolecular Hbond substituents is 1. The molecule has 8 nitrogen and oxygen atoms in total. The molecule has 2 N–H and O–H groups in total. The second-order valence-corrected chi connectivity index (χ2v) is 8.83. The van der Waals surface area contributed by atoms with Crippen LogP contribution in [0.4, 0.5) is 5.82 Å². The van der Waals surface area contributed by atoms with Gasteiger partial charge in [0, 0.05) is 43.9 Å². The molecular weight excluding hydrogens is 404 g/mol. The third-order valence-electron chi connectivity index (χ3n) is 4.45. The molecule has 3 rings (SSSR count). The number of piperazine rings is 1. The van der Waals surface area contributed by atoms with Gasteiger partial charge in [0.2, 0.25) is 10.0 Å². The number of sulfonamides is 1. The van der Waals surface area contributed by atoms with Gasteiger partial charge in [-0.1, -0.05) is 17.7 Å². The zero-order chi connectivity index (χ0) is 20.1. The highest BCUT2D eigenvalue weighted by atomic mass is 35.5. The Morgan fingerprint density at radius 1 is 1.18 bits per heavy atom. The second-order valence-electron chi connectivity index (χ2n) is 6.31. The minimum atomic E-state index is -3.50. The molecule has 1 aromatic carbocycles. The lowest BCUT2D eigenvalue weighted by molar-refractivity contribution is 0.0953. The molecule has 0 saturated carbocycles. The lowest BCUT2D eigenvalue weighted by atomic mass is 10.2. The Balaban J connectivity index is 1.51. The Labute approximate surface area is 168 Å². The summed E-state index contributed by atoms with van der Waals surface area (Å²) in [5.74, 6) is -0.178. The number of benzene rings is 1. The summed E-state index contributed by atoms with van der Waals surface area (Å²) in [6, 6.07) is 9.73. The molecule has 2 heterocycles. The van der Waals surface area contributed by atoms with E-state index in [2.05, 4.69) is 10.3 Å². The first kappa shape index (κ1) is 20.4. The highest BCUT2D eigenvalue weighted by molar-refractivity contribution is 7.89. The summed E-state index contributed by atoms with van der Waals surface area (Å²) in [6.07, 6.45) is 1.71. The Morgan fingerprint density at radius 3 is 2.61 bits per heavy atom. The van der Waals surface area contributed by atoms with E-state index in [1.54, 1.807) is 6.20 Å². The van der Waals surface area contributed by atoms with Crippen LogP contribution in [0.3, 0.4) is 0 Å². The number of halogens is 1. The van der Waals surface area contributed by atoms with Crippen LogP contribution < -0.4 is 10.2 Å². The fourth-order valence-electron chi connectivity index (χ4n) is 2.94. The first-order valence-electron chi connectivity index (χ1n) is 8.77. The van der Waals surface area contributed by atoms with Crippen LogP contribution in [0.1, 0.15) is 10.4 Å². The Bertz CT molecular complexity index is 932. The van der Waals surface area contributed by atoms with Crippen molar-refractivity contribution in [2.75, 3.05) is 43.4 Å². The van der Waals surface area contributed by atoms with Crippen molar-refractivity contribution in [3.05, 3.63) is 53.2 Å². The van der Waals surface area contributed by atoms with Crippen molar-refractivity contribution < 1.29 is 18.3 Å². The maximum Gasteiger partial charge on any atom is 0.255 e. The highest BCUT2D eigenvalue weighted by Gasteiger charge is 2.27. The summed E-state index contributed by atoms with van der Waals surface area (Å²) in [6.45, 7) is 1.77. The van der Waals surface area contributed by atoms with Crippen LogP contribution in [0, 0.1) is 0 Å². The van der Waals surface area contributed by atoms with Crippen LogP contribution in [0.15, 0.2) is 42.6 Å². The van der Waals surface area contributed by atoms with Gasteiger partial charge < -0.3 is 15.3 Å². The molecular formula is C18H21ClN4O4S. The van der Waals surface area contributed by atoms with E-state index < -0.39 is 15.9 Å². The van der Waals surface area contributed by atoms with Crippen molar-refractivity contribution in [3.63, 3.8) is 0 Å². The van der Waals surface area contributed by atoms with Gasteiger partial charge in [0.05, 0.1) is 11.3 Å². The third kappa shape index (κ3) is 4.92. The fourth-order valence-corrected chi connectivity index (χ4v) is 4.45. The zero-order valence-electron chi connectivity index (χ0n) is 15.1. The molecule has 1 saturated heterocycles. The van der Waals surface area contributed by atoms with Gasteiger partial charge in [-0.15, -0.1) is 0 Å². The minimum Gasteiger partial charge on any atom is -0.507 e. The number of rotatable bonds is 6. The van der Waals surface area contributed by atoms with Crippen molar-refractivity contribution in [3.8, 4) is 5.75 Å². The third-order valence-corrected chi connectivity index (χ3v) is 6.56. The number of pyridine rings is 1. The van der Waals surface area contributed by atoms with Crippen molar-refractivity contribution in [2.45, 2.75) is 0 Å². The number of aromatic nitrogens is 1. The number of hydrogen-bond donors (Lipinski definition) is 2. The summed E-state index contributed by atoms with van der Waals surface area (Å²) in [5, 5.41) is 12.6. The standard InChI is InChI=1S/C18H21ClN4O4S/c19-14-4-5-16(24)15(13-14)18(25)21-7-12-28(26,27)23-10-8-22(9-11-23)17-3-1-2-6-20-17/h1-6,13,24H,7-12H2,(H,21,25). The molecule has 150 valence electrons. The molecule has 28 heavy (non-hydrogen) atoms. The monoisotopic (exact) mass is 424 g/mol. The first-order valence-corrected chi connectivity index (χ1v) is 10.8. The number of carbonyl (C=O) groups is 1. The SMILES string of the molecule is O=C(NCCS(=O)(=O)N1CCN(c2ccccn2)CC1)c1cc(Cl)ccc1O. The summed E-state index contributed by atoms with van der Waals surface area (Å²) in [5.41, 5.74) is 0.00822. The topological polar surface area (TPSA) is 103 Å². The van der Waals surface area contributed by atoms with Crippen molar-refractivity contribution in [2.24, 2.45) is 0 Å². The molecule has 10 heteroatoms. The summed E-state index contributed by atoms with van der Waals surface area (Å²) in [4.78, 5) is 18.4. The van der Waals surface area contributed by atoms with Crippen LogP contribution in [-0.2, 0) is 10.0 Å². The molecule has 0 spiro atoms. The van der Waals surface area contributed by atoms with E-state index in [1.165, 1.54) is 22.5 Å². The van der Waals surface area contributed by atoms with Gasteiger partial charge in [-0.3, -0.25) is 4.79 Å². The predicted molar refractivity (Wildman–Crippen MR) is 107 cm³/mol. The lowest BCUT2D eigenvalue weighted by Gasteiger charge is -2.34. The van der Waals surface area contributed by atoms with Gasteiger partial charge in [0.15, 0.2) is 0 Å². The van der Waals surface area contributed by atoms with Gasteiger partial charge in [-0.25, -0.2) is 13.4 Å². The molecule has 0 aliphatic carbocycles. The van der Waals surface area contributed by atoms with Gasteiger partial charge in [-0.2, -0.15) is 4.31 Å². The largest absolute Gasteiger partial charge is 0.507 e. The average Bonchev–Trinajstić information content (AvgIpc) is 2.70. The van der Waals surface area contributed by atoms with Crippen LogP contribution in [0.5, 0.6) is 5.75 Å². The average molecular weight is 425 g/mol. The molecule has 1 amide bonds. The number of phenols is 1. The smallest absolute Gasteiger partial charge is 0.255 e. The highest BCUT2D eigenvalue weighted by Crippen LogP contribution is 2.21. The van der Waals surface area contributed by atoms with Crippen LogP contribution >= 0.6 is 11.6 Å². The summed E-state index contributed by atoms with van der Waals surface area (Å²) >= 11 is 5.82. The molecule has 2 aromatic rings. The van der Waals surface area contributed by atoms with Gasteiger partial charge in [-0.05, 0) is 30.3 Å². The normalized spacial score (nSPS) is 15.4. The Morgan fingerprint density at radius 2 is 1.93 bits per heavy atom. The van der Waals surface area contributed by atoms with E-state index in [0.717, 1.165) is 5.82 Å². The molecule has 0 atom stereocenters. The number of amides is 1. The van der Waals surface area contributed by atoms with Gasteiger partial charge in [0.1, 0.15) is 11.6 Å². The molecule has 0 radical (unpaired) electrons. The van der Waals surface area contributed by atoms with E-state index >= 15 is 0 Å². The maximum atomic E-state index is 12.5. The van der Waals surface area contributed by atoms with Gasteiger partial charge in [0.25, 0.3) is 5.91 Å². The predicted octanol–water partition coefficient (Wildman–Crippen LogP) is 1.32. The van der Waals surface area contributed by atoms with Crippen LogP contribution in [0.25, 0.3) is 0 Å². The lowest BCUT2D eigenvalue weighted by Crippen LogP contribution is -2.50. The maximum absolute atomic E-state index is 12.5. The molecule has 0 unspecified atom stereocenters. The number of anilines is 1. The molecule has 1 aliphatic rings. The zero-order valence-corrected chi connectivity index (χ0v) is 16.7. The Kier molecular flexibility index (Phi) is 6.38. The van der Waals surface area contributed by atoms with Crippen LogP contribution in [0.2, 0.25) is 5.02 Å². The number of hydrogen-bond acceptors (Lipinski definition) is 6. The molecule has 1 aliphatic heterocycles. The quantitative estimate of drug-likeness (QED) is 0.725. The van der Waals surface area contributed by atoms with Gasteiger partial charge >= 0.3 is 0 Å². The number of aromatic hydroxyl groups is 1. The second kappa shape index (κ2) is 8.76. The van der Waals surface area contributed by atoms with E-state index in [9.17, 15) is 18.3 Å². The van der Waals surface area contributed by atoms with Crippen molar-refractivity contribution in [1.29, 1.82) is 0 Å². The van der Waals surface area contributed by atoms with E-state index in [0.29, 0.717) is 31.2 Å². The number of carbonyl (C=O) groups excluding carboxylic acids is 1. The molecule has 1 aromatic heterocycles. The first-order chi connectivity index (χ1) is 13.4. The summed E-state index contributed by atoms with van der Waals surface area (Å²) < 4.78 is 26.5. The van der Waals surface area contributed by atoms with E-state index in [1.807, 2.05) is 23.1 Å². The van der Waals surface area contributed by atoms with Crippen molar-refractivity contribution >= 4 is 33.3 Å². The van der Waals surface area contributed by atoms with E-state index in [4.69, 9.17) is 11.6 Å². The van der Waals surface area contributed by atoms with E-state index in [-0.39, 0.29) is 23.6 Å². The summed E-state index contributed by atoms with van der Waals surface area (Å²) in [7, 11) is -3.50. The molecule has 1 fully saturated rings. The molecule has 0 bridgehead atoms. The van der Waals surface area contributed by atoms with Crippen LogP contribution in [-0.4, -0.2) is 67.2 Å². The van der Waals surface area contributed by atoms with Crippen molar-refractivity contribution in [1.82, 2.24) is 14.6 Å². The fraction of sp³-hybridized carbons (Fsp3) is 0.333. The number of nitrogens with one attached hydrogen (secondary N) is 1.